The molecule has 0 spiro atoms. The molecular weight excluding hydrogens is 378 g/mol. The van der Waals surface area contributed by atoms with Crippen LogP contribution in [0.5, 0.6) is 11.5 Å². The van der Waals surface area contributed by atoms with Crippen LogP contribution in [-0.4, -0.2) is 16.1 Å². The molecule has 1 aromatic heterocycles. The Kier molecular flexibility index (Phi) is 5.40. The van der Waals surface area contributed by atoms with Crippen molar-refractivity contribution in [3.8, 4) is 17.6 Å². The minimum Gasteiger partial charge on any atom is -0.457 e. The normalized spacial score (nSPS) is 11.0. The van der Waals surface area contributed by atoms with Crippen molar-refractivity contribution in [3.63, 3.8) is 0 Å². The Labute approximate surface area is 172 Å². The van der Waals surface area contributed by atoms with E-state index >= 15 is 0 Å². The summed E-state index contributed by atoms with van der Waals surface area (Å²) in [5, 5.41) is 22.8. The van der Waals surface area contributed by atoms with E-state index in [0.717, 1.165) is 22.3 Å². The number of para-hydroxylation sites is 1. The lowest BCUT2D eigenvalue weighted by Gasteiger charge is -2.08. The molecule has 0 saturated heterocycles. The van der Waals surface area contributed by atoms with Crippen LogP contribution in [0.25, 0.3) is 10.9 Å². The van der Waals surface area contributed by atoms with Gasteiger partial charge in [-0.15, -0.1) is 0 Å². The van der Waals surface area contributed by atoms with E-state index in [9.17, 15) is 10.1 Å². The second kappa shape index (κ2) is 8.63. The molecule has 30 heavy (non-hydrogen) atoms. The minimum absolute atomic E-state index is 0.0516. The fourth-order valence-corrected chi connectivity index (χ4v) is 2.76. The molecule has 0 unspecified atom stereocenters. The van der Waals surface area contributed by atoms with Gasteiger partial charge in [0.15, 0.2) is 0 Å². The van der Waals surface area contributed by atoms with Gasteiger partial charge in [0.25, 0.3) is 5.91 Å². The number of aromatic nitrogens is 2. The van der Waals surface area contributed by atoms with Gasteiger partial charge in [-0.25, -0.2) is 0 Å². The summed E-state index contributed by atoms with van der Waals surface area (Å²) in [6.07, 6.45) is 3.10. The van der Waals surface area contributed by atoms with Gasteiger partial charge in [0.1, 0.15) is 23.1 Å². The van der Waals surface area contributed by atoms with Crippen LogP contribution < -0.4 is 15.4 Å². The van der Waals surface area contributed by atoms with Crippen LogP contribution in [0.15, 0.2) is 90.8 Å². The van der Waals surface area contributed by atoms with Crippen molar-refractivity contribution in [2.24, 2.45) is 0 Å². The summed E-state index contributed by atoms with van der Waals surface area (Å²) in [7, 11) is 0. The maximum Gasteiger partial charge on any atom is 0.267 e. The highest BCUT2D eigenvalue weighted by atomic mass is 16.5. The van der Waals surface area contributed by atoms with Gasteiger partial charge in [0, 0.05) is 23.0 Å². The molecule has 0 aliphatic carbocycles. The van der Waals surface area contributed by atoms with Gasteiger partial charge in [0.05, 0.1) is 11.7 Å². The van der Waals surface area contributed by atoms with Gasteiger partial charge in [-0.1, -0.05) is 18.2 Å². The molecule has 0 aliphatic rings. The van der Waals surface area contributed by atoms with Crippen LogP contribution in [0, 0.1) is 11.3 Å². The number of nitrogens with one attached hydrogen (secondary N) is 3. The van der Waals surface area contributed by atoms with E-state index in [1.165, 1.54) is 6.20 Å². The van der Waals surface area contributed by atoms with E-state index in [-0.39, 0.29) is 5.57 Å². The first kappa shape index (κ1) is 18.8. The Morgan fingerprint density at radius 3 is 2.50 bits per heavy atom. The lowest BCUT2D eigenvalue weighted by Crippen LogP contribution is -2.14. The molecule has 4 aromatic rings. The van der Waals surface area contributed by atoms with Gasteiger partial charge in [0.2, 0.25) is 0 Å². The number of fused-ring (bicyclic) bond motifs is 1. The molecule has 7 nitrogen and oxygen atoms in total. The van der Waals surface area contributed by atoms with Crippen molar-refractivity contribution in [2.75, 3.05) is 10.6 Å². The number of rotatable bonds is 6. The van der Waals surface area contributed by atoms with Crippen molar-refractivity contribution in [1.29, 1.82) is 5.26 Å². The maximum atomic E-state index is 12.4. The molecule has 0 bridgehead atoms. The first-order valence-electron chi connectivity index (χ1n) is 9.15. The van der Waals surface area contributed by atoms with Crippen LogP contribution in [0.2, 0.25) is 0 Å². The van der Waals surface area contributed by atoms with Crippen molar-refractivity contribution in [2.45, 2.75) is 0 Å². The molecule has 1 heterocycles. The molecule has 0 radical (unpaired) electrons. The fourth-order valence-electron chi connectivity index (χ4n) is 2.76. The smallest absolute Gasteiger partial charge is 0.267 e. The standard InChI is InChI=1S/C23H17N5O2/c24-13-17(14-25-19-7-6-16-15-26-28-22(16)12-19)23(29)27-18-8-10-21(11-9-18)30-20-4-2-1-3-5-20/h1-12,14-15,25H,(H,26,28)(H,27,29)/b17-14-. The lowest BCUT2D eigenvalue weighted by atomic mass is 10.2. The summed E-state index contributed by atoms with van der Waals surface area (Å²) < 4.78 is 5.73. The second-order valence-corrected chi connectivity index (χ2v) is 6.38. The van der Waals surface area contributed by atoms with Crippen LogP contribution in [0.3, 0.4) is 0 Å². The lowest BCUT2D eigenvalue weighted by molar-refractivity contribution is -0.112. The third-order valence-electron chi connectivity index (χ3n) is 4.28. The summed E-state index contributed by atoms with van der Waals surface area (Å²) in [6.45, 7) is 0. The highest BCUT2D eigenvalue weighted by Gasteiger charge is 2.10. The average Bonchev–Trinajstić information content (AvgIpc) is 3.24. The van der Waals surface area contributed by atoms with Crippen molar-refractivity contribution >= 4 is 28.2 Å². The van der Waals surface area contributed by atoms with Gasteiger partial charge < -0.3 is 15.4 Å². The maximum absolute atomic E-state index is 12.4. The number of nitriles is 1. The van der Waals surface area contributed by atoms with E-state index in [0.29, 0.717) is 11.4 Å². The third kappa shape index (κ3) is 4.46. The highest BCUT2D eigenvalue weighted by Crippen LogP contribution is 2.23. The molecule has 0 fully saturated rings. The number of carbonyl (C=O) groups is 1. The number of hydrogen-bond donors (Lipinski definition) is 3. The number of benzene rings is 3. The quantitative estimate of drug-likeness (QED) is 0.321. The monoisotopic (exact) mass is 395 g/mol. The number of H-pyrrole nitrogens is 1. The second-order valence-electron chi connectivity index (χ2n) is 6.38. The number of amides is 1. The van der Waals surface area contributed by atoms with E-state index in [1.54, 1.807) is 30.5 Å². The molecular formula is C23H17N5O2. The number of anilines is 2. The summed E-state index contributed by atoms with van der Waals surface area (Å²) in [5.41, 5.74) is 2.09. The number of hydrogen-bond acceptors (Lipinski definition) is 5. The Hall–Kier alpha value is -4.57. The Morgan fingerprint density at radius 2 is 1.73 bits per heavy atom. The molecule has 0 aliphatic heterocycles. The van der Waals surface area contributed by atoms with Crippen molar-refractivity contribution < 1.29 is 9.53 Å². The van der Waals surface area contributed by atoms with Gasteiger partial charge in [-0.05, 0) is 54.6 Å². The van der Waals surface area contributed by atoms with E-state index in [2.05, 4.69) is 20.8 Å². The van der Waals surface area contributed by atoms with Crippen molar-refractivity contribution in [3.05, 3.63) is 90.8 Å². The molecule has 1 amide bonds. The summed E-state index contributed by atoms with van der Waals surface area (Å²) >= 11 is 0. The molecule has 4 rings (SSSR count). The fraction of sp³-hybridized carbons (Fsp3) is 0. The molecule has 3 aromatic carbocycles. The first-order valence-corrected chi connectivity index (χ1v) is 9.15. The van der Waals surface area contributed by atoms with Crippen LogP contribution in [0.4, 0.5) is 11.4 Å². The Balaban J connectivity index is 1.39. The number of nitrogens with zero attached hydrogens (tertiary/aromatic N) is 2. The molecule has 3 N–H and O–H groups in total. The van der Waals surface area contributed by atoms with Gasteiger partial charge >= 0.3 is 0 Å². The molecule has 146 valence electrons. The predicted molar refractivity (Wildman–Crippen MR) is 115 cm³/mol. The average molecular weight is 395 g/mol. The SMILES string of the molecule is N#C/C(=C/Nc1ccc2cn[nH]c2c1)C(=O)Nc1ccc(Oc2ccccc2)cc1. The van der Waals surface area contributed by atoms with E-state index in [1.807, 2.05) is 54.6 Å². The zero-order valence-electron chi connectivity index (χ0n) is 15.8. The first-order chi connectivity index (χ1) is 14.7. The van der Waals surface area contributed by atoms with E-state index < -0.39 is 5.91 Å². The number of ether oxygens (including phenoxy) is 1. The van der Waals surface area contributed by atoms with E-state index in [4.69, 9.17) is 4.74 Å². The van der Waals surface area contributed by atoms with Gasteiger partial charge in [-0.3, -0.25) is 9.89 Å². The van der Waals surface area contributed by atoms with Gasteiger partial charge in [-0.2, -0.15) is 10.4 Å². The molecule has 0 saturated carbocycles. The minimum atomic E-state index is -0.510. The summed E-state index contributed by atoms with van der Waals surface area (Å²) in [4.78, 5) is 12.4. The van der Waals surface area contributed by atoms with Crippen LogP contribution in [0.1, 0.15) is 0 Å². The largest absolute Gasteiger partial charge is 0.457 e. The molecule has 7 heteroatoms. The Bertz CT molecular complexity index is 1240. The highest BCUT2D eigenvalue weighted by molar-refractivity contribution is 6.06. The third-order valence-corrected chi connectivity index (χ3v) is 4.28. The van der Waals surface area contributed by atoms with Crippen LogP contribution in [-0.2, 0) is 4.79 Å². The zero-order chi connectivity index (χ0) is 20.8. The van der Waals surface area contributed by atoms with Crippen LogP contribution >= 0.6 is 0 Å². The molecule has 0 atom stereocenters. The zero-order valence-corrected chi connectivity index (χ0v) is 15.8. The summed E-state index contributed by atoms with van der Waals surface area (Å²) in [6, 6.07) is 23.8. The topological polar surface area (TPSA) is 103 Å². The Morgan fingerprint density at radius 1 is 1.00 bits per heavy atom. The van der Waals surface area contributed by atoms with Crippen molar-refractivity contribution in [1.82, 2.24) is 10.2 Å². The summed E-state index contributed by atoms with van der Waals surface area (Å²) in [5.74, 6) is 0.860. The number of carbonyl (C=O) groups excluding carboxylic acids is 1. The predicted octanol–water partition coefficient (Wildman–Crippen LogP) is 4.81. The number of aromatic amines is 1.